The molecule has 8 rings (SSSR count). The van der Waals surface area contributed by atoms with E-state index in [0.29, 0.717) is 74.1 Å². The fourth-order valence-electron chi connectivity index (χ4n) is 14.2. The van der Waals surface area contributed by atoms with Crippen LogP contribution in [0.15, 0.2) is 84.9 Å². The molecule has 4 saturated heterocycles. The zero-order valence-electron chi connectivity index (χ0n) is 46.3. The Morgan fingerprint density at radius 2 is 1.00 bits per heavy atom. The molecule has 19 heteroatoms. The number of halogens is 2. The quantitative estimate of drug-likeness (QED) is 0.0795. The van der Waals surface area contributed by atoms with Gasteiger partial charge in [0, 0.05) is 100 Å². The highest BCUT2D eigenvalue weighted by atomic mass is 32.2. The second-order valence-electron chi connectivity index (χ2n) is 23.3. The summed E-state index contributed by atoms with van der Waals surface area (Å²) in [5.41, 5.74) is -3.90. The van der Waals surface area contributed by atoms with Crippen molar-refractivity contribution < 1.29 is 50.2 Å². The third-order valence-electron chi connectivity index (χ3n) is 18.6. The summed E-state index contributed by atoms with van der Waals surface area (Å²) in [5.74, 6) is -5.30. The summed E-state index contributed by atoms with van der Waals surface area (Å²) in [6.07, 6.45) is 4.44. The van der Waals surface area contributed by atoms with E-state index in [-0.39, 0.29) is 92.1 Å². The Morgan fingerprint density at radius 3 is 1.33 bits per heavy atom. The number of rotatable bonds is 18. The normalized spacial score (nSPS) is 28.7. The molecule has 4 N–H and O–H groups in total. The maximum Gasteiger partial charge on any atom is 0.210 e. The monoisotopic (exact) mass is 1120 g/mol. The van der Waals surface area contributed by atoms with Gasteiger partial charge in [-0.15, -0.1) is 0 Å². The van der Waals surface area contributed by atoms with E-state index in [4.69, 9.17) is 0 Å². The van der Waals surface area contributed by atoms with E-state index in [2.05, 4.69) is 10.6 Å². The van der Waals surface area contributed by atoms with E-state index < -0.39 is 77.3 Å². The van der Waals surface area contributed by atoms with Gasteiger partial charge >= 0.3 is 0 Å². The van der Waals surface area contributed by atoms with E-state index in [1.807, 2.05) is 23.6 Å². The van der Waals surface area contributed by atoms with Crippen molar-refractivity contribution in [2.24, 2.45) is 23.7 Å². The highest BCUT2D eigenvalue weighted by Gasteiger charge is 2.69. The summed E-state index contributed by atoms with van der Waals surface area (Å²) in [5, 5.41) is 28.8. The van der Waals surface area contributed by atoms with Gasteiger partial charge in [0.05, 0.1) is 23.6 Å². The lowest BCUT2D eigenvalue weighted by molar-refractivity contribution is -0.171. The molecule has 0 spiro atoms. The van der Waals surface area contributed by atoms with E-state index in [1.54, 1.807) is 62.4 Å². The van der Waals surface area contributed by atoms with Crippen molar-refractivity contribution in [1.29, 1.82) is 0 Å². The molecule has 4 aromatic carbocycles. The van der Waals surface area contributed by atoms with Crippen LogP contribution in [0.2, 0.25) is 0 Å². The van der Waals surface area contributed by atoms with Gasteiger partial charge in [0.1, 0.15) is 23.1 Å². The summed E-state index contributed by atoms with van der Waals surface area (Å²) in [7, 11) is -4.66. The van der Waals surface area contributed by atoms with Crippen LogP contribution in [0.3, 0.4) is 0 Å². The average Bonchev–Trinajstić information content (AvgIpc) is 2.29. The van der Waals surface area contributed by atoms with Crippen LogP contribution in [-0.4, -0.2) is 166 Å². The van der Waals surface area contributed by atoms with Crippen molar-refractivity contribution >= 4 is 37.4 Å². The van der Waals surface area contributed by atoms with Crippen molar-refractivity contribution in [3.63, 3.8) is 0 Å². The van der Waals surface area contributed by atoms with Gasteiger partial charge in [-0.1, -0.05) is 62.4 Å². The van der Waals surface area contributed by atoms with Gasteiger partial charge in [-0.3, -0.25) is 24.2 Å². The summed E-state index contributed by atoms with van der Waals surface area (Å²) in [6.45, 7) is 8.70. The molecule has 0 amide bonds. The number of benzene rings is 4. The Morgan fingerprint density at radius 1 is 0.628 bits per heavy atom. The van der Waals surface area contributed by atoms with Gasteiger partial charge in [-0.25, -0.2) is 34.2 Å². The number of sulfonamides is 2. The van der Waals surface area contributed by atoms with Crippen LogP contribution in [-0.2, 0) is 35.7 Å². The van der Waals surface area contributed by atoms with Gasteiger partial charge in [0.15, 0.2) is 17.3 Å². The first-order valence-corrected chi connectivity index (χ1v) is 30.9. The molecule has 2 unspecified atom stereocenters. The fourth-order valence-corrected chi connectivity index (χ4v) is 15.0. The van der Waals surface area contributed by atoms with Gasteiger partial charge in [0.25, 0.3) is 0 Å². The van der Waals surface area contributed by atoms with Crippen LogP contribution in [0.1, 0.15) is 95.3 Å². The molecule has 4 aliphatic heterocycles. The zero-order valence-corrected chi connectivity index (χ0v) is 48.0. The number of likely N-dealkylation sites (tertiary alicyclic amines) is 2. The minimum Gasteiger partial charge on any atom is -0.508 e. The first-order valence-electron chi connectivity index (χ1n) is 27.2. The topological polar surface area (TPSA) is 197 Å². The van der Waals surface area contributed by atoms with E-state index in [0.717, 1.165) is 12.5 Å². The second-order valence-corrected chi connectivity index (χ2v) is 27.5. The molecule has 0 radical (unpaired) electrons. The first kappa shape index (κ1) is 59.1. The van der Waals surface area contributed by atoms with Crippen molar-refractivity contribution in [1.82, 2.24) is 29.0 Å². The molecule has 0 saturated carbocycles. The molecule has 424 valence electrons. The number of ketones is 3. The van der Waals surface area contributed by atoms with Crippen molar-refractivity contribution in [3.05, 3.63) is 130 Å². The van der Waals surface area contributed by atoms with Crippen LogP contribution in [0.5, 0.6) is 11.5 Å². The number of phenolic OH excluding ortho intramolecular Hbond substituents is 2. The molecule has 78 heavy (non-hydrogen) atoms. The number of aromatic hydroxyl groups is 2. The molecule has 4 aliphatic rings. The number of Topliss-reactive ketones (excluding diaryl/α,β-unsaturated/α-hetero) is 3. The molecule has 0 bridgehead atoms. The third kappa shape index (κ3) is 11.1. The highest BCUT2D eigenvalue weighted by molar-refractivity contribution is 7.88. The molecule has 0 aliphatic carbocycles. The molecule has 4 heterocycles. The summed E-state index contributed by atoms with van der Waals surface area (Å²) in [6, 6.07) is 21.6. The molecular weight excluding hydrogens is 1040 g/mol. The van der Waals surface area contributed by atoms with E-state index in [1.165, 1.54) is 59.1 Å². The maximum absolute atomic E-state index is 18.4. The lowest BCUT2D eigenvalue weighted by Gasteiger charge is -2.66. The van der Waals surface area contributed by atoms with Crippen molar-refractivity contribution in [2.45, 2.75) is 88.1 Å². The van der Waals surface area contributed by atoms with Crippen LogP contribution in [0.25, 0.3) is 0 Å². The molecule has 4 aromatic rings. The number of likely N-dealkylation sites (N-methyl/N-ethyl adjacent to an activating group) is 2. The van der Waals surface area contributed by atoms with Crippen LogP contribution >= 0.6 is 0 Å². The van der Waals surface area contributed by atoms with Gasteiger partial charge in [0.2, 0.25) is 20.0 Å². The van der Waals surface area contributed by atoms with Crippen molar-refractivity contribution in [3.8, 4) is 11.5 Å². The number of nitrogens with zero attached hydrogens (tertiary/aromatic N) is 4. The number of carbonyl (C=O) groups excluding carboxylic acids is 3. The van der Waals surface area contributed by atoms with Gasteiger partial charge in [-0.2, -0.15) is 0 Å². The first-order chi connectivity index (χ1) is 36.7. The number of hydrogen-bond donors (Lipinski definition) is 4. The Labute approximate surface area is 459 Å². The number of hydrogen-bond acceptors (Lipinski definition) is 13. The molecule has 15 nitrogen and oxygen atoms in total. The third-order valence-corrected chi connectivity index (χ3v) is 21.3. The fraction of sp³-hybridized carbons (Fsp3) is 0.542. The maximum atomic E-state index is 18.4. The molecule has 4 fully saturated rings. The highest BCUT2D eigenvalue weighted by Crippen LogP contribution is 2.59. The number of nitrogens with one attached hydrogen (secondary N) is 2. The van der Waals surface area contributed by atoms with E-state index >= 15 is 23.2 Å². The lowest BCUT2D eigenvalue weighted by Crippen LogP contribution is -2.80. The Balaban J connectivity index is 1.48. The average molecular weight is 1120 g/mol. The zero-order chi connectivity index (χ0) is 56.8. The summed E-state index contributed by atoms with van der Waals surface area (Å²) < 4.78 is 88.5. The van der Waals surface area contributed by atoms with Crippen LogP contribution in [0, 0.1) is 49.2 Å². The Kier molecular flexibility index (Phi) is 17.3. The number of carbonyl (C=O) groups is 3. The smallest absolute Gasteiger partial charge is 0.210 e. The molecule has 8 atom stereocenters. The predicted octanol–water partition coefficient (Wildman–Crippen LogP) is 6.45. The van der Waals surface area contributed by atoms with Crippen molar-refractivity contribution in [2.75, 3.05) is 92.1 Å². The minimum absolute atomic E-state index is 0.0253. The lowest BCUT2D eigenvalue weighted by atomic mass is 9.49. The largest absolute Gasteiger partial charge is 0.508 e. The van der Waals surface area contributed by atoms with Gasteiger partial charge < -0.3 is 20.8 Å². The Bertz CT molecular complexity index is 2930. The van der Waals surface area contributed by atoms with Gasteiger partial charge in [-0.05, 0) is 136 Å². The Hall–Kier alpha value is -4.99. The van der Waals surface area contributed by atoms with Crippen LogP contribution in [0.4, 0.5) is 8.78 Å². The number of phenols is 2. The van der Waals surface area contributed by atoms with Crippen LogP contribution < -0.4 is 10.6 Å². The minimum atomic E-state index is -3.79. The summed E-state index contributed by atoms with van der Waals surface area (Å²) in [4.78, 5) is 53.6. The standard InChI is InChI=1S/C59H78F2N6O9S2/c1-39-47(21-11-23-51(39)60)56(3)37-58(43-17-13-25-62-33-43,66(29-27-64(5)77(7,73)74)35-49(56)53(70)41-15-9-19-45(68)31-41)55(72)59(44-18-14-26-63-34-44)38-57(4,48-22-12-24-52(61)40(48)2)50(54(71)42-16-10-20-46(69)32-42)36-67(59)30-28-65(6)78(8,75)76/h9-12,15-16,19-24,31-32,43-44,49-50,62-63,68-69H,13-14,17-18,25-30,33-38H2,1-8H3/t43?,44?,49-,50-,56+,57+,58-,59-/m1/s1. The molecule has 0 aromatic heterocycles. The molecular formula is C59H78F2N6O9S2. The number of piperidine rings is 4. The second kappa shape index (κ2) is 22.9. The van der Waals surface area contributed by atoms with E-state index in [9.17, 15) is 27.0 Å². The summed E-state index contributed by atoms with van der Waals surface area (Å²) >= 11 is 0. The predicted molar refractivity (Wildman–Crippen MR) is 298 cm³/mol. The SMILES string of the molecule is Cc1c(F)cccc1[C@]1(C)C[C@](C(=O)[C@]2(C3CCCNC3)C[C@@](C)(c3cccc(F)c3C)[C@@H](C(=O)c3cccc(O)c3)CN2CCN(C)S(C)(=O)=O)(C2CCCNC2)N(CCN(C)S(C)(=O)=O)C[C@@H]1C(=O)c1cccc(O)c1.